The lowest BCUT2D eigenvalue weighted by Crippen LogP contribution is -2.32. The topological polar surface area (TPSA) is 20.3 Å². The van der Waals surface area contributed by atoms with Crippen molar-refractivity contribution in [2.75, 3.05) is 13.1 Å². The van der Waals surface area contributed by atoms with E-state index in [-0.39, 0.29) is 5.91 Å². The van der Waals surface area contributed by atoms with Crippen LogP contribution in [-0.2, 0) is 0 Å². The van der Waals surface area contributed by atoms with Gasteiger partial charge in [-0.2, -0.15) is 0 Å². The second-order valence-corrected chi connectivity index (χ2v) is 3.88. The van der Waals surface area contributed by atoms with Gasteiger partial charge in [-0.25, -0.2) is 0 Å². The summed E-state index contributed by atoms with van der Waals surface area (Å²) in [5.41, 5.74) is 0.580. The summed E-state index contributed by atoms with van der Waals surface area (Å²) in [4.78, 5) is 13.7. The molecular formula is C13H14ClNO. The van der Waals surface area contributed by atoms with Crippen molar-refractivity contribution in [3.05, 3.63) is 34.9 Å². The number of hydrogen-bond donors (Lipinski definition) is 0. The third kappa shape index (κ3) is 3.29. The van der Waals surface area contributed by atoms with Crippen molar-refractivity contribution in [3.8, 4) is 12.3 Å². The van der Waals surface area contributed by atoms with Crippen LogP contribution in [0.4, 0.5) is 0 Å². The molecule has 0 spiro atoms. The highest BCUT2D eigenvalue weighted by molar-refractivity contribution is 6.30. The molecule has 16 heavy (non-hydrogen) atoms. The molecule has 0 aromatic heterocycles. The van der Waals surface area contributed by atoms with Crippen molar-refractivity contribution in [3.63, 3.8) is 0 Å². The normalized spacial score (nSPS) is 9.56. The predicted octanol–water partition coefficient (Wildman–Crippen LogP) is 2.83. The minimum absolute atomic E-state index is 0.0673. The summed E-state index contributed by atoms with van der Waals surface area (Å²) < 4.78 is 0. The molecule has 0 aliphatic heterocycles. The van der Waals surface area contributed by atoms with Gasteiger partial charge in [-0.05, 0) is 24.6 Å². The Bertz CT molecular complexity index is 409. The van der Waals surface area contributed by atoms with Crippen molar-refractivity contribution in [2.45, 2.75) is 13.3 Å². The lowest BCUT2D eigenvalue weighted by molar-refractivity contribution is 0.0777. The number of amides is 1. The summed E-state index contributed by atoms with van der Waals surface area (Å²) in [7, 11) is 0. The average molecular weight is 236 g/mol. The SMILES string of the molecule is C#CCN(CCC)C(=O)c1cccc(Cl)c1. The van der Waals surface area contributed by atoms with Crippen LogP contribution >= 0.6 is 11.6 Å². The van der Waals surface area contributed by atoms with Crippen LogP contribution in [0.5, 0.6) is 0 Å². The number of hydrogen-bond acceptors (Lipinski definition) is 1. The number of benzene rings is 1. The summed E-state index contributed by atoms with van der Waals surface area (Å²) in [5.74, 6) is 2.42. The molecule has 1 rings (SSSR count). The van der Waals surface area contributed by atoms with Crippen LogP contribution in [0.1, 0.15) is 23.7 Å². The van der Waals surface area contributed by atoms with Gasteiger partial charge >= 0.3 is 0 Å². The van der Waals surface area contributed by atoms with Crippen molar-refractivity contribution in [1.82, 2.24) is 4.90 Å². The molecule has 0 aliphatic carbocycles. The van der Waals surface area contributed by atoms with Gasteiger partial charge in [0.1, 0.15) is 0 Å². The Kier molecular flexibility index (Phi) is 4.88. The fraction of sp³-hybridized carbons (Fsp3) is 0.308. The first-order valence-electron chi connectivity index (χ1n) is 5.17. The largest absolute Gasteiger partial charge is 0.328 e. The minimum atomic E-state index is -0.0673. The van der Waals surface area contributed by atoms with E-state index >= 15 is 0 Å². The molecule has 0 fully saturated rings. The molecule has 1 amide bonds. The molecule has 0 heterocycles. The third-order valence-corrected chi connectivity index (χ3v) is 2.37. The van der Waals surface area contributed by atoms with Gasteiger partial charge in [0.05, 0.1) is 6.54 Å². The van der Waals surface area contributed by atoms with Crippen molar-refractivity contribution >= 4 is 17.5 Å². The molecule has 0 unspecified atom stereocenters. The van der Waals surface area contributed by atoms with Gasteiger partial charge in [-0.3, -0.25) is 4.79 Å². The lowest BCUT2D eigenvalue weighted by Gasteiger charge is -2.19. The molecule has 0 aliphatic rings. The summed E-state index contributed by atoms with van der Waals surface area (Å²) in [6, 6.07) is 6.90. The van der Waals surface area contributed by atoms with E-state index < -0.39 is 0 Å². The van der Waals surface area contributed by atoms with E-state index in [1.807, 2.05) is 6.92 Å². The quantitative estimate of drug-likeness (QED) is 0.735. The first kappa shape index (κ1) is 12.6. The van der Waals surface area contributed by atoms with Gasteiger partial charge in [0, 0.05) is 17.1 Å². The van der Waals surface area contributed by atoms with E-state index in [2.05, 4.69) is 5.92 Å². The fourth-order valence-corrected chi connectivity index (χ4v) is 1.63. The Morgan fingerprint density at radius 1 is 1.56 bits per heavy atom. The molecule has 2 nitrogen and oxygen atoms in total. The number of carbonyl (C=O) groups excluding carboxylic acids is 1. The molecule has 0 bridgehead atoms. The second kappa shape index (κ2) is 6.19. The fourth-order valence-electron chi connectivity index (χ4n) is 1.44. The Hall–Kier alpha value is -1.46. The molecule has 3 heteroatoms. The molecule has 0 saturated carbocycles. The van der Waals surface area contributed by atoms with Gasteiger partial charge in [0.2, 0.25) is 0 Å². The van der Waals surface area contributed by atoms with E-state index in [9.17, 15) is 4.79 Å². The summed E-state index contributed by atoms with van der Waals surface area (Å²) in [6.45, 7) is 3.00. The maximum absolute atomic E-state index is 12.0. The third-order valence-electron chi connectivity index (χ3n) is 2.13. The van der Waals surface area contributed by atoms with E-state index in [1.54, 1.807) is 29.2 Å². The van der Waals surface area contributed by atoms with Crippen LogP contribution in [0.3, 0.4) is 0 Å². The smallest absolute Gasteiger partial charge is 0.254 e. The Morgan fingerprint density at radius 2 is 2.31 bits per heavy atom. The average Bonchev–Trinajstić information content (AvgIpc) is 2.28. The maximum Gasteiger partial charge on any atom is 0.254 e. The van der Waals surface area contributed by atoms with Gasteiger partial charge < -0.3 is 4.90 Å². The predicted molar refractivity (Wildman–Crippen MR) is 66.5 cm³/mol. The van der Waals surface area contributed by atoms with Gasteiger partial charge in [-0.15, -0.1) is 6.42 Å². The van der Waals surface area contributed by atoms with Crippen LogP contribution in [0, 0.1) is 12.3 Å². The Morgan fingerprint density at radius 3 is 2.88 bits per heavy atom. The number of halogens is 1. The highest BCUT2D eigenvalue weighted by Gasteiger charge is 2.13. The van der Waals surface area contributed by atoms with Gasteiger partial charge in [0.25, 0.3) is 5.91 Å². The molecule has 0 N–H and O–H groups in total. The van der Waals surface area contributed by atoms with Gasteiger partial charge in [-0.1, -0.05) is 30.5 Å². The first-order chi connectivity index (χ1) is 7.69. The second-order valence-electron chi connectivity index (χ2n) is 3.44. The van der Waals surface area contributed by atoms with Crippen LogP contribution in [0.15, 0.2) is 24.3 Å². The number of carbonyl (C=O) groups is 1. The van der Waals surface area contributed by atoms with Gasteiger partial charge in [0.15, 0.2) is 0 Å². The molecule has 0 saturated heterocycles. The Labute approximate surface area is 101 Å². The van der Waals surface area contributed by atoms with Crippen molar-refractivity contribution in [1.29, 1.82) is 0 Å². The molecule has 84 valence electrons. The van der Waals surface area contributed by atoms with Crippen molar-refractivity contribution < 1.29 is 4.79 Å². The van der Waals surface area contributed by atoms with E-state index in [4.69, 9.17) is 18.0 Å². The highest BCUT2D eigenvalue weighted by Crippen LogP contribution is 2.12. The van der Waals surface area contributed by atoms with E-state index in [1.165, 1.54) is 0 Å². The van der Waals surface area contributed by atoms with Crippen molar-refractivity contribution in [2.24, 2.45) is 0 Å². The monoisotopic (exact) mass is 235 g/mol. The first-order valence-corrected chi connectivity index (χ1v) is 5.55. The zero-order chi connectivity index (χ0) is 12.0. The van der Waals surface area contributed by atoms with Crippen LogP contribution < -0.4 is 0 Å². The number of nitrogens with zero attached hydrogens (tertiary/aromatic N) is 1. The molecule has 1 aromatic rings. The van der Waals surface area contributed by atoms with Crippen LogP contribution in [0.25, 0.3) is 0 Å². The number of rotatable bonds is 4. The maximum atomic E-state index is 12.0. The van der Waals surface area contributed by atoms with Crippen LogP contribution in [-0.4, -0.2) is 23.9 Å². The Balaban J connectivity index is 2.86. The molecule has 1 aromatic carbocycles. The molecule has 0 atom stereocenters. The highest BCUT2D eigenvalue weighted by atomic mass is 35.5. The number of terminal acetylenes is 1. The molecular weight excluding hydrogens is 222 g/mol. The summed E-state index contributed by atoms with van der Waals surface area (Å²) in [5, 5.41) is 0.558. The van der Waals surface area contributed by atoms with E-state index in [0.717, 1.165) is 6.42 Å². The standard InChI is InChI=1S/C13H14ClNO/c1-3-8-15(9-4-2)13(16)11-6-5-7-12(14)10-11/h1,5-7,10H,4,8-9H2,2H3. The zero-order valence-corrected chi connectivity index (χ0v) is 10.00. The summed E-state index contributed by atoms with van der Waals surface area (Å²) >= 11 is 5.84. The van der Waals surface area contributed by atoms with Crippen LogP contribution in [0.2, 0.25) is 5.02 Å². The summed E-state index contributed by atoms with van der Waals surface area (Å²) in [6.07, 6.45) is 6.12. The van der Waals surface area contributed by atoms with E-state index in [0.29, 0.717) is 23.7 Å². The lowest BCUT2D eigenvalue weighted by atomic mass is 10.2. The minimum Gasteiger partial charge on any atom is -0.328 e. The zero-order valence-electron chi connectivity index (χ0n) is 9.24. The molecule has 0 radical (unpaired) electrons.